The largest absolute Gasteiger partial charge is 0.490 e. The van der Waals surface area contributed by atoms with Gasteiger partial charge in [-0.1, -0.05) is 11.3 Å². The molecule has 6 atom stereocenters. The molecule has 0 amide bonds. The SMILES string of the molecule is COc1nc(-c2cn([C@@H]3O[C@H](COP(=O)(O)OP(=O)(O)OP(=O)(O)O)[C@@H](O)[C@@]3(C)O)c3ncnc(N)c23)cs1. The van der Waals surface area contributed by atoms with Crippen LogP contribution in [0.1, 0.15) is 13.2 Å². The fraction of sp³-hybridized carbons (Fsp3) is 0.438. The van der Waals surface area contributed by atoms with Crippen LogP contribution in [0.25, 0.3) is 22.3 Å². The molecule has 0 aromatic carbocycles. The average Bonchev–Trinajstić information content (AvgIpc) is 3.46. The number of nitrogens with zero attached hydrogens (tertiary/aromatic N) is 4. The summed E-state index contributed by atoms with van der Waals surface area (Å²) in [5.41, 5.74) is 5.06. The fourth-order valence-corrected chi connectivity index (χ4v) is 7.47. The van der Waals surface area contributed by atoms with Crippen molar-refractivity contribution in [1.29, 1.82) is 0 Å². The average molecular weight is 633 g/mol. The zero-order valence-electron chi connectivity index (χ0n) is 19.7. The molecule has 0 radical (unpaired) electrons. The van der Waals surface area contributed by atoms with Crippen molar-refractivity contribution in [2.45, 2.75) is 31.0 Å². The van der Waals surface area contributed by atoms with Crippen LogP contribution in [0.3, 0.4) is 0 Å². The predicted octanol–water partition coefficient (Wildman–Crippen LogP) is 0.498. The monoisotopic (exact) mass is 633 g/mol. The van der Waals surface area contributed by atoms with Crippen molar-refractivity contribution in [1.82, 2.24) is 19.5 Å². The molecule has 0 bridgehead atoms. The highest BCUT2D eigenvalue weighted by atomic mass is 32.1. The van der Waals surface area contributed by atoms with Gasteiger partial charge in [0, 0.05) is 17.1 Å². The van der Waals surface area contributed by atoms with Crippen LogP contribution in [-0.2, 0) is 31.6 Å². The summed E-state index contributed by atoms with van der Waals surface area (Å²) in [5, 5.41) is 24.2. The number of fused-ring (bicyclic) bond motifs is 1. The molecule has 0 aliphatic carbocycles. The number of aliphatic hydroxyl groups is 2. The van der Waals surface area contributed by atoms with Gasteiger partial charge in [0.25, 0.3) is 5.19 Å². The summed E-state index contributed by atoms with van der Waals surface area (Å²) >= 11 is 1.20. The number of aromatic nitrogens is 4. The van der Waals surface area contributed by atoms with Gasteiger partial charge in [-0.2, -0.15) is 8.62 Å². The van der Waals surface area contributed by atoms with E-state index < -0.39 is 54.1 Å². The lowest BCUT2D eigenvalue weighted by Gasteiger charge is -2.27. The molecule has 0 spiro atoms. The molecule has 19 nitrogen and oxygen atoms in total. The second-order valence-electron chi connectivity index (χ2n) is 8.19. The van der Waals surface area contributed by atoms with Crippen molar-refractivity contribution in [3.8, 4) is 16.5 Å². The number of hydrogen-bond acceptors (Lipinski definition) is 15. The Labute approximate surface area is 222 Å². The number of phosphoric acid groups is 3. The lowest BCUT2D eigenvalue weighted by atomic mass is 9.96. The van der Waals surface area contributed by atoms with E-state index in [2.05, 4.69) is 28.1 Å². The molecule has 1 aliphatic heterocycles. The lowest BCUT2D eigenvalue weighted by molar-refractivity contribution is -0.0946. The maximum absolute atomic E-state index is 12.1. The summed E-state index contributed by atoms with van der Waals surface area (Å²) in [6.45, 7) is 0.207. The van der Waals surface area contributed by atoms with Gasteiger partial charge >= 0.3 is 23.5 Å². The molecule has 8 N–H and O–H groups in total. The molecule has 3 aromatic rings. The van der Waals surface area contributed by atoms with E-state index >= 15 is 0 Å². The zero-order valence-corrected chi connectivity index (χ0v) is 23.2. The van der Waals surface area contributed by atoms with E-state index in [1.54, 1.807) is 5.38 Å². The van der Waals surface area contributed by atoms with Crippen molar-refractivity contribution in [3.63, 3.8) is 0 Å². The maximum atomic E-state index is 12.1. The van der Waals surface area contributed by atoms with Crippen LogP contribution in [0.15, 0.2) is 17.9 Å². The van der Waals surface area contributed by atoms with E-state index in [0.29, 0.717) is 21.8 Å². The van der Waals surface area contributed by atoms with Crippen molar-refractivity contribution in [3.05, 3.63) is 17.9 Å². The van der Waals surface area contributed by atoms with Gasteiger partial charge in [0.1, 0.15) is 35.6 Å². The molecule has 4 rings (SSSR count). The summed E-state index contributed by atoms with van der Waals surface area (Å²) in [7, 11) is -15.4. The van der Waals surface area contributed by atoms with Crippen molar-refractivity contribution in [2.75, 3.05) is 19.5 Å². The molecule has 216 valence electrons. The predicted molar refractivity (Wildman–Crippen MR) is 130 cm³/mol. The van der Waals surface area contributed by atoms with Crippen LogP contribution in [-0.4, -0.2) is 80.8 Å². The molecule has 4 heterocycles. The van der Waals surface area contributed by atoms with Crippen LogP contribution in [0.5, 0.6) is 5.19 Å². The number of aliphatic hydroxyl groups excluding tert-OH is 1. The van der Waals surface area contributed by atoms with Gasteiger partial charge in [-0.05, 0) is 6.92 Å². The van der Waals surface area contributed by atoms with Crippen LogP contribution < -0.4 is 10.5 Å². The Morgan fingerprint density at radius 2 is 1.87 bits per heavy atom. The highest BCUT2D eigenvalue weighted by molar-refractivity contribution is 7.66. The minimum Gasteiger partial charge on any atom is -0.473 e. The molecule has 23 heteroatoms. The number of hydrogen-bond donors (Lipinski definition) is 7. The van der Waals surface area contributed by atoms with E-state index in [1.807, 2.05) is 0 Å². The van der Waals surface area contributed by atoms with E-state index in [-0.39, 0.29) is 11.5 Å². The number of phosphoric ester groups is 1. The first-order valence-electron chi connectivity index (χ1n) is 10.4. The molecule has 1 saturated heterocycles. The number of ether oxygens (including phenoxy) is 2. The van der Waals surface area contributed by atoms with Gasteiger partial charge in [-0.25, -0.2) is 28.6 Å². The normalized spacial score (nSPS) is 26.9. The molecular formula is C16H22N5O14P3S. The summed E-state index contributed by atoms with van der Waals surface area (Å²) in [6.07, 6.45) is -2.05. The minimum atomic E-state index is -5.76. The smallest absolute Gasteiger partial charge is 0.473 e. The van der Waals surface area contributed by atoms with Crippen molar-refractivity contribution in [2.24, 2.45) is 0 Å². The second kappa shape index (κ2) is 10.5. The van der Waals surface area contributed by atoms with Gasteiger partial charge in [0.15, 0.2) is 6.23 Å². The zero-order chi connectivity index (χ0) is 29.0. The Balaban J connectivity index is 1.61. The standard InChI is InChI=1S/C16H22N5O14P3S/c1-16(23)11(22)9(4-32-37(27,28)35-38(29,30)34-36(24,25)26)33-14(16)21-3-7(8-5-39-15(20-8)31-2)10-12(17)18-6-19-13(10)21/h3,5-6,9,11,14,22-23H,4H2,1-2H3,(H,27,28)(H,29,30)(H2,17,18,19)(H2,24,25,26)/t9-,11-,14-,16-/m1/s1. The molecule has 3 aromatic heterocycles. The van der Waals surface area contributed by atoms with Gasteiger partial charge < -0.3 is 49.6 Å². The number of anilines is 1. The number of methoxy groups -OCH3 is 1. The Bertz CT molecular complexity index is 1520. The van der Waals surface area contributed by atoms with Gasteiger partial charge in [0.05, 0.1) is 24.8 Å². The summed E-state index contributed by atoms with van der Waals surface area (Å²) in [5.74, 6) is 0.0723. The molecule has 1 fully saturated rings. The summed E-state index contributed by atoms with van der Waals surface area (Å²) in [4.78, 5) is 48.8. The first-order chi connectivity index (χ1) is 17.9. The Hall–Kier alpha value is -1.86. The number of rotatable bonds is 10. The van der Waals surface area contributed by atoms with Crippen molar-refractivity contribution >= 4 is 51.7 Å². The van der Waals surface area contributed by atoms with Crippen LogP contribution in [0.2, 0.25) is 0 Å². The quantitative estimate of drug-likeness (QED) is 0.150. The molecular weight excluding hydrogens is 611 g/mol. The van der Waals surface area contributed by atoms with Gasteiger partial charge in [0.2, 0.25) is 0 Å². The van der Waals surface area contributed by atoms with Crippen LogP contribution in [0.4, 0.5) is 5.82 Å². The van der Waals surface area contributed by atoms with E-state index in [9.17, 15) is 33.7 Å². The highest BCUT2D eigenvalue weighted by Gasteiger charge is 2.54. The number of thiazole rings is 1. The second-order valence-corrected chi connectivity index (χ2v) is 13.4. The van der Waals surface area contributed by atoms with E-state index in [0.717, 1.165) is 6.33 Å². The fourth-order valence-electron chi connectivity index (χ4n) is 3.80. The number of nitrogen functional groups attached to an aromatic ring is 1. The minimum absolute atomic E-state index is 0.0723. The van der Waals surface area contributed by atoms with E-state index in [1.165, 1.54) is 36.1 Å². The Kier molecular flexibility index (Phi) is 8.12. The molecule has 1 aliphatic rings. The molecule has 39 heavy (non-hydrogen) atoms. The summed E-state index contributed by atoms with van der Waals surface area (Å²) in [6, 6.07) is 0. The first-order valence-corrected chi connectivity index (χ1v) is 15.8. The third-order valence-corrected chi connectivity index (χ3v) is 10.0. The van der Waals surface area contributed by atoms with Crippen molar-refractivity contribution < 1.29 is 66.1 Å². The Morgan fingerprint density at radius 3 is 2.49 bits per heavy atom. The summed E-state index contributed by atoms with van der Waals surface area (Å²) < 4.78 is 58.4. The Morgan fingerprint density at radius 1 is 1.18 bits per heavy atom. The topological polar surface area (TPSA) is 288 Å². The number of nitrogens with two attached hydrogens (primary N) is 1. The first kappa shape index (κ1) is 30.1. The third kappa shape index (κ3) is 6.40. The van der Waals surface area contributed by atoms with Gasteiger partial charge in [-0.3, -0.25) is 4.52 Å². The lowest BCUT2D eigenvalue weighted by Crippen LogP contribution is -2.44. The van der Waals surface area contributed by atoms with Gasteiger partial charge in [-0.15, -0.1) is 0 Å². The van der Waals surface area contributed by atoms with Crippen LogP contribution in [0, 0.1) is 0 Å². The van der Waals surface area contributed by atoms with E-state index in [4.69, 9.17) is 25.0 Å². The molecule has 2 unspecified atom stereocenters. The van der Waals surface area contributed by atoms with Crippen LogP contribution >= 0.6 is 34.8 Å². The molecule has 0 saturated carbocycles. The third-order valence-electron chi connectivity index (χ3n) is 5.40. The highest BCUT2D eigenvalue weighted by Crippen LogP contribution is 2.66. The maximum Gasteiger partial charge on any atom is 0.490 e.